The molecule has 0 unspecified atom stereocenters. The molecule has 0 fully saturated rings. The van der Waals surface area contributed by atoms with Crippen LogP contribution in [0.4, 0.5) is 0 Å². The van der Waals surface area contributed by atoms with Crippen molar-refractivity contribution in [3.05, 3.63) is 35.4 Å². The van der Waals surface area contributed by atoms with Gasteiger partial charge in [0.05, 0.1) is 5.60 Å². The Morgan fingerprint density at radius 2 is 1.92 bits per heavy atom. The smallest absolute Gasteiger partial charge is 0.0891 e. The lowest BCUT2D eigenvalue weighted by molar-refractivity contribution is 0.00900. The van der Waals surface area contributed by atoms with E-state index in [1.54, 1.807) is 0 Å². The molecule has 0 amide bonds. The van der Waals surface area contributed by atoms with E-state index < -0.39 is 5.60 Å². The molecule has 0 radical (unpaired) electrons. The van der Waals surface area contributed by atoms with Gasteiger partial charge in [-0.3, -0.25) is 0 Å². The third-order valence-electron chi connectivity index (χ3n) is 2.73. The highest BCUT2D eigenvalue weighted by Gasteiger charge is 2.26. The van der Waals surface area contributed by atoms with E-state index in [0.29, 0.717) is 0 Å². The second kappa shape index (κ2) is 3.51. The zero-order chi connectivity index (χ0) is 10.1. The van der Waals surface area contributed by atoms with Gasteiger partial charge < -0.3 is 5.11 Å². The molecule has 1 N–H and O–H groups in total. The van der Waals surface area contributed by atoms with Crippen LogP contribution in [-0.2, 0) is 5.60 Å². The van der Waals surface area contributed by atoms with Crippen molar-refractivity contribution >= 4 is 0 Å². The molecule has 0 saturated carbocycles. The number of aliphatic hydroxyl groups is 1. The molecule has 0 aliphatic rings. The lowest BCUT2D eigenvalue weighted by atomic mass is 9.85. The summed E-state index contributed by atoms with van der Waals surface area (Å²) in [6, 6.07) is 8.05. The Morgan fingerprint density at radius 3 is 2.38 bits per heavy atom. The van der Waals surface area contributed by atoms with E-state index in [1.165, 1.54) is 5.56 Å². The van der Waals surface area contributed by atoms with Gasteiger partial charge in [-0.25, -0.2) is 0 Å². The van der Waals surface area contributed by atoms with Crippen molar-refractivity contribution in [3.63, 3.8) is 0 Å². The van der Waals surface area contributed by atoms with Crippen molar-refractivity contribution in [2.45, 2.75) is 33.3 Å². The average molecular weight is 178 g/mol. The Morgan fingerprint density at radius 1 is 1.31 bits per heavy atom. The van der Waals surface area contributed by atoms with Crippen LogP contribution in [0, 0.1) is 12.8 Å². The van der Waals surface area contributed by atoms with Crippen molar-refractivity contribution in [2.24, 2.45) is 5.92 Å². The Balaban J connectivity index is 3.07. The molecule has 1 nitrogen and oxygen atoms in total. The lowest BCUT2D eigenvalue weighted by Gasteiger charge is -2.28. The molecule has 72 valence electrons. The van der Waals surface area contributed by atoms with Crippen molar-refractivity contribution < 1.29 is 5.11 Å². The van der Waals surface area contributed by atoms with Crippen LogP contribution in [0.2, 0.25) is 0 Å². The molecule has 1 aromatic rings. The summed E-state index contributed by atoms with van der Waals surface area (Å²) in [5.41, 5.74) is 1.48. The molecular formula is C12H18O. The highest BCUT2D eigenvalue weighted by Crippen LogP contribution is 2.28. The Bertz CT molecular complexity index is 287. The van der Waals surface area contributed by atoms with Gasteiger partial charge in [-0.15, -0.1) is 0 Å². The van der Waals surface area contributed by atoms with Gasteiger partial charge in [0.15, 0.2) is 0 Å². The van der Waals surface area contributed by atoms with Gasteiger partial charge in [0.1, 0.15) is 0 Å². The minimum Gasteiger partial charge on any atom is -0.385 e. The molecule has 0 aliphatic carbocycles. The zero-order valence-corrected chi connectivity index (χ0v) is 8.83. The molecule has 0 saturated heterocycles. The molecule has 1 atom stereocenters. The first-order chi connectivity index (χ1) is 5.94. The van der Waals surface area contributed by atoms with E-state index in [2.05, 4.69) is 0 Å². The van der Waals surface area contributed by atoms with Gasteiger partial charge in [-0.05, 0) is 25.3 Å². The van der Waals surface area contributed by atoms with Crippen LogP contribution < -0.4 is 0 Å². The first-order valence-corrected chi connectivity index (χ1v) is 4.74. The van der Waals surface area contributed by atoms with Crippen molar-refractivity contribution in [1.29, 1.82) is 0 Å². The van der Waals surface area contributed by atoms with Gasteiger partial charge in [0, 0.05) is 0 Å². The predicted molar refractivity (Wildman–Crippen MR) is 55.6 cm³/mol. The van der Waals surface area contributed by atoms with E-state index in [0.717, 1.165) is 5.56 Å². The number of benzene rings is 1. The van der Waals surface area contributed by atoms with Crippen molar-refractivity contribution in [2.75, 3.05) is 0 Å². The monoisotopic (exact) mass is 178 g/mol. The second-order valence-electron chi connectivity index (χ2n) is 4.17. The van der Waals surface area contributed by atoms with Gasteiger partial charge in [-0.1, -0.05) is 43.7 Å². The van der Waals surface area contributed by atoms with Crippen LogP contribution in [0.5, 0.6) is 0 Å². The first kappa shape index (κ1) is 10.3. The fourth-order valence-electron chi connectivity index (χ4n) is 1.29. The van der Waals surface area contributed by atoms with Crippen molar-refractivity contribution in [1.82, 2.24) is 0 Å². The van der Waals surface area contributed by atoms with E-state index in [1.807, 2.05) is 52.0 Å². The van der Waals surface area contributed by atoms with E-state index in [9.17, 15) is 5.11 Å². The molecule has 0 aromatic heterocycles. The highest BCUT2D eigenvalue weighted by molar-refractivity contribution is 5.27. The zero-order valence-electron chi connectivity index (χ0n) is 8.83. The SMILES string of the molecule is Cc1cccc([C@](C)(O)C(C)C)c1. The molecule has 0 aliphatic heterocycles. The number of aryl methyl sites for hydroxylation is 1. The molecule has 0 spiro atoms. The number of rotatable bonds is 2. The van der Waals surface area contributed by atoms with Crippen LogP contribution in [0.15, 0.2) is 24.3 Å². The summed E-state index contributed by atoms with van der Waals surface area (Å²) < 4.78 is 0. The number of hydrogen-bond donors (Lipinski definition) is 1. The van der Waals surface area contributed by atoms with E-state index in [-0.39, 0.29) is 5.92 Å². The maximum Gasteiger partial charge on any atom is 0.0891 e. The summed E-state index contributed by atoms with van der Waals surface area (Å²) in [5.74, 6) is 0.231. The molecule has 1 heteroatoms. The van der Waals surface area contributed by atoms with Gasteiger partial charge >= 0.3 is 0 Å². The Kier molecular flexibility index (Phi) is 2.77. The quantitative estimate of drug-likeness (QED) is 0.738. The first-order valence-electron chi connectivity index (χ1n) is 4.74. The minimum absolute atomic E-state index is 0.231. The van der Waals surface area contributed by atoms with Gasteiger partial charge in [0.25, 0.3) is 0 Å². The van der Waals surface area contributed by atoms with Crippen LogP contribution in [-0.4, -0.2) is 5.11 Å². The second-order valence-corrected chi connectivity index (χ2v) is 4.17. The average Bonchev–Trinajstić information content (AvgIpc) is 2.04. The molecule has 13 heavy (non-hydrogen) atoms. The fourth-order valence-corrected chi connectivity index (χ4v) is 1.29. The Labute approximate surface area is 80.4 Å². The summed E-state index contributed by atoms with van der Waals surface area (Å²) in [6.07, 6.45) is 0. The summed E-state index contributed by atoms with van der Waals surface area (Å²) in [7, 11) is 0. The normalized spacial score (nSPS) is 15.8. The molecular weight excluding hydrogens is 160 g/mol. The molecule has 1 aromatic carbocycles. The van der Waals surface area contributed by atoms with Gasteiger partial charge in [0.2, 0.25) is 0 Å². The number of hydrogen-bond acceptors (Lipinski definition) is 1. The maximum atomic E-state index is 10.2. The lowest BCUT2D eigenvalue weighted by Crippen LogP contribution is -2.27. The van der Waals surface area contributed by atoms with Crippen LogP contribution in [0.1, 0.15) is 31.9 Å². The third-order valence-corrected chi connectivity index (χ3v) is 2.73. The largest absolute Gasteiger partial charge is 0.385 e. The molecule has 1 rings (SSSR count). The maximum absolute atomic E-state index is 10.2. The predicted octanol–water partition coefficient (Wildman–Crippen LogP) is 2.86. The van der Waals surface area contributed by atoms with Crippen LogP contribution in [0.25, 0.3) is 0 Å². The van der Waals surface area contributed by atoms with Crippen LogP contribution >= 0.6 is 0 Å². The standard InChI is InChI=1S/C12H18O/c1-9(2)12(4,13)11-7-5-6-10(3)8-11/h5-9,13H,1-4H3/t12-/m1/s1. The molecule has 0 heterocycles. The summed E-state index contributed by atoms with van der Waals surface area (Å²) in [5, 5.41) is 10.2. The summed E-state index contributed by atoms with van der Waals surface area (Å²) in [4.78, 5) is 0. The highest BCUT2D eigenvalue weighted by atomic mass is 16.3. The van der Waals surface area contributed by atoms with Crippen molar-refractivity contribution in [3.8, 4) is 0 Å². The molecule has 0 bridgehead atoms. The summed E-state index contributed by atoms with van der Waals surface area (Å²) in [6.45, 7) is 7.97. The third kappa shape index (κ3) is 2.10. The fraction of sp³-hybridized carbons (Fsp3) is 0.500. The minimum atomic E-state index is -0.716. The topological polar surface area (TPSA) is 20.2 Å². The van der Waals surface area contributed by atoms with E-state index >= 15 is 0 Å². The van der Waals surface area contributed by atoms with E-state index in [4.69, 9.17) is 0 Å². The van der Waals surface area contributed by atoms with Gasteiger partial charge in [-0.2, -0.15) is 0 Å². The summed E-state index contributed by atoms with van der Waals surface area (Å²) >= 11 is 0. The van der Waals surface area contributed by atoms with Crippen LogP contribution in [0.3, 0.4) is 0 Å². The Hall–Kier alpha value is -0.820.